The Hall–Kier alpha value is -1.89. The number of hydrogen-bond donors (Lipinski definition) is 0. The first kappa shape index (κ1) is 9.66. The second-order valence-electron chi connectivity index (χ2n) is 4.19. The van der Waals surface area contributed by atoms with Gasteiger partial charge in [-0.3, -0.25) is 4.79 Å². The van der Waals surface area contributed by atoms with Gasteiger partial charge >= 0.3 is 0 Å². The van der Waals surface area contributed by atoms with Crippen molar-refractivity contribution in [2.24, 2.45) is 0 Å². The molecule has 2 rings (SSSR count). The van der Waals surface area contributed by atoms with Gasteiger partial charge in [-0.25, -0.2) is 4.98 Å². The summed E-state index contributed by atoms with van der Waals surface area (Å²) in [5, 5.41) is 8.76. The zero-order valence-corrected chi connectivity index (χ0v) is 8.90. The van der Waals surface area contributed by atoms with Crippen molar-refractivity contribution in [2.45, 2.75) is 19.3 Å². The third kappa shape index (κ3) is 1.13. The Morgan fingerprint density at radius 3 is 2.80 bits per heavy atom. The zero-order valence-electron chi connectivity index (χ0n) is 8.90. The van der Waals surface area contributed by atoms with Crippen molar-refractivity contribution in [1.82, 2.24) is 4.98 Å². The number of carbonyl (C=O) groups is 1. The largest absolute Gasteiger partial charge is 0.313 e. The molecule has 1 aromatic rings. The van der Waals surface area contributed by atoms with Crippen molar-refractivity contribution in [3.8, 4) is 6.07 Å². The number of hydrogen-bond acceptors (Lipinski definition) is 3. The summed E-state index contributed by atoms with van der Waals surface area (Å²) in [6.07, 6.45) is 1.58. The average Bonchev–Trinajstić information content (AvgIpc) is 2.40. The van der Waals surface area contributed by atoms with Crippen LogP contribution in [-0.4, -0.2) is 17.9 Å². The zero-order chi connectivity index (χ0) is 11.2. The highest BCUT2D eigenvalue weighted by Gasteiger charge is 2.42. The summed E-state index contributed by atoms with van der Waals surface area (Å²) < 4.78 is 0. The van der Waals surface area contributed by atoms with E-state index in [0.29, 0.717) is 5.69 Å². The summed E-state index contributed by atoms with van der Waals surface area (Å²) in [6, 6.07) is 3.67. The van der Waals surface area contributed by atoms with Crippen LogP contribution in [0, 0.1) is 11.3 Å². The summed E-state index contributed by atoms with van der Waals surface area (Å²) in [6.45, 7) is 3.72. The molecule has 1 aliphatic heterocycles. The molecule has 0 fully saturated rings. The SMILES string of the molecule is CN1C(=O)C(C)(C)c2cc(C#N)ncc21. The molecular weight excluding hydrogens is 190 g/mol. The molecule has 15 heavy (non-hydrogen) atoms. The van der Waals surface area contributed by atoms with Crippen LogP contribution in [0.3, 0.4) is 0 Å². The smallest absolute Gasteiger partial charge is 0.236 e. The van der Waals surface area contributed by atoms with Crippen LogP contribution in [-0.2, 0) is 10.2 Å². The maximum Gasteiger partial charge on any atom is 0.236 e. The van der Waals surface area contributed by atoms with Crippen LogP contribution < -0.4 is 4.90 Å². The van der Waals surface area contributed by atoms with Crippen LogP contribution in [0.2, 0.25) is 0 Å². The lowest BCUT2D eigenvalue weighted by Gasteiger charge is -2.16. The molecule has 1 amide bonds. The Bertz CT molecular complexity index is 485. The van der Waals surface area contributed by atoms with E-state index in [-0.39, 0.29) is 5.91 Å². The lowest BCUT2D eigenvalue weighted by atomic mass is 9.86. The topological polar surface area (TPSA) is 57.0 Å². The fourth-order valence-electron chi connectivity index (χ4n) is 1.92. The van der Waals surface area contributed by atoms with E-state index in [0.717, 1.165) is 11.3 Å². The van der Waals surface area contributed by atoms with Crippen LogP contribution in [0.4, 0.5) is 5.69 Å². The number of likely N-dealkylation sites (N-methyl/N-ethyl adjacent to an activating group) is 1. The minimum atomic E-state index is -0.557. The minimum absolute atomic E-state index is 0.0365. The third-order valence-electron chi connectivity index (χ3n) is 2.87. The molecule has 0 unspecified atom stereocenters. The standard InChI is InChI=1S/C11H11N3O/c1-11(2)8-4-7(5-12)13-6-9(8)14(3)10(11)15/h4,6H,1-3H3. The predicted octanol–water partition coefficient (Wildman–Crippen LogP) is 1.21. The van der Waals surface area contributed by atoms with Gasteiger partial charge in [0, 0.05) is 7.05 Å². The van der Waals surface area contributed by atoms with Crippen molar-refractivity contribution < 1.29 is 4.79 Å². The second-order valence-corrected chi connectivity index (χ2v) is 4.19. The van der Waals surface area contributed by atoms with E-state index in [4.69, 9.17) is 5.26 Å². The fourth-order valence-corrected chi connectivity index (χ4v) is 1.92. The summed E-state index contributed by atoms with van der Waals surface area (Å²) >= 11 is 0. The van der Waals surface area contributed by atoms with Crippen molar-refractivity contribution in [1.29, 1.82) is 5.26 Å². The minimum Gasteiger partial charge on any atom is -0.313 e. The average molecular weight is 201 g/mol. The fraction of sp³-hybridized carbons (Fsp3) is 0.364. The van der Waals surface area contributed by atoms with Crippen molar-refractivity contribution in [3.05, 3.63) is 23.5 Å². The van der Waals surface area contributed by atoms with Crippen LogP contribution in [0.1, 0.15) is 25.1 Å². The van der Waals surface area contributed by atoms with Gasteiger partial charge in [-0.15, -0.1) is 0 Å². The first-order chi connectivity index (χ1) is 6.98. The van der Waals surface area contributed by atoms with E-state index in [9.17, 15) is 4.79 Å². The molecule has 0 radical (unpaired) electrons. The molecule has 4 nitrogen and oxygen atoms in total. The molecule has 1 aromatic heterocycles. The molecule has 0 saturated heterocycles. The summed E-state index contributed by atoms with van der Waals surface area (Å²) in [4.78, 5) is 17.4. The molecule has 0 N–H and O–H groups in total. The summed E-state index contributed by atoms with van der Waals surface area (Å²) in [7, 11) is 1.73. The van der Waals surface area contributed by atoms with Gasteiger partial charge < -0.3 is 4.90 Å². The lowest BCUT2D eigenvalue weighted by Crippen LogP contribution is -2.33. The molecule has 0 aliphatic carbocycles. The van der Waals surface area contributed by atoms with E-state index in [1.54, 1.807) is 24.2 Å². The molecule has 2 heterocycles. The normalized spacial score (nSPS) is 17.5. The van der Waals surface area contributed by atoms with Crippen LogP contribution in [0.25, 0.3) is 0 Å². The number of nitrogens with zero attached hydrogens (tertiary/aromatic N) is 3. The first-order valence-electron chi connectivity index (χ1n) is 4.67. The highest BCUT2D eigenvalue weighted by molar-refractivity contribution is 6.07. The Balaban J connectivity index is 2.69. The maximum atomic E-state index is 11.9. The number of amides is 1. The molecular formula is C11H11N3O. The van der Waals surface area contributed by atoms with Crippen LogP contribution in [0.15, 0.2) is 12.3 Å². The second kappa shape index (κ2) is 2.80. The Morgan fingerprint density at radius 2 is 2.20 bits per heavy atom. The molecule has 0 bridgehead atoms. The van der Waals surface area contributed by atoms with Gasteiger partial charge in [0.15, 0.2) is 0 Å². The highest BCUT2D eigenvalue weighted by Crippen LogP contribution is 2.40. The molecule has 0 atom stereocenters. The molecule has 4 heteroatoms. The van der Waals surface area contributed by atoms with Gasteiger partial charge in [0.25, 0.3) is 0 Å². The van der Waals surface area contributed by atoms with Gasteiger partial charge in [0.2, 0.25) is 5.91 Å². The quantitative estimate of drug-likeness (QED) is 0.633. The van der Waals surface area contributed by atoms with Gasteiger partial charge in [0.1, 0.15) is 11.8 Å². The lowest BCUT2D eigenvalue weighted by molar-refractivity contribution is -0.121. The van der Waals surface area contributed by atoms with Crippen molar-refractivity contribution in [3.63, 3.8) is 0 Å². The highest BCUT2D eigenvalue weighted by atomic mass is 16.2. The Labute approximate surface area is 88.1 Å². The predicted molar refractivity (Wildman–Crippen MR) is 55.4 cm³/mol. The van der Waals surface area contributed by atoms with E-state index in [1.165, 1.54) is 0 Å². The number of fused-ring (bicyclic) bond motifs is 1. The van der Waals surface area contributed by atoms with E-state index in [2.05, 4.69) is 4.98 Å². The number of pyridine rings is 1. The van der Waals surface area contributed by atoms with Gasteiger partial charge in [-0.05, 0) is 25.5 Å². The van der Waals surface area contributed by atoms with Gasteiger partial charge in [-0.1, -0.05) is 0 Å². The van der Waals surface area contributed by atoms with Crippen molar-refractivity contribution >= 4 is 11.6 Å². The molecule has 0 aromatic carbocycles. The number of rotatable bonds is 0. The van der Waals surface area contributed by atoms with E-state index < -0.39 is 5.41 Å². The molecule has 1 aliphatic rings. The van der Waals surface area contributed by atoms with Crippen molar-refractivity contribution in [2.75, 3.05) is 11.9 Å². The first-order valence-corrected chi connectivity index (χ1v) is 4.67. The number of anilines is 1. The van der Waals surface area contributed by atoms with Gasteiger partial charge in [-0.2, -0.15) is 5.26 Å². The number of aromatic nitrogens is 1. The maximum absolute atomic E-state index is 11.9. The third-order valence-corrected chi connectivity index (χ3v) is 2.87. The number of carbonyl (C=O) groups excluding carboxylic acids is 1. The molecule has 0 saturated carbocycles. The summed E-state index contributed by atoms with van der Waals surface area (Å²) in [5.74, 6) is 0.0365. The molecule has 76 valence electrons. The van der Waals surface area contributed by atoms with E-state index in [1.807, 2.05) is 19.9 Å². The Morgan fingerprint density at radius 1 is 1.53 bits per heavy atom. The summed E-state index contributed by atoms with van der Waals surface area (Å²) in [5.41, 5.74) is 1.47. The number of nitriles is 1. The Kier molecular flexibility index (Phi) is 1.80. The molecule has 0 spiro atoms. The monoisotopic (exact) mass is 201 g/mol. The van der Waals surface area contributed by atoms with Crippen LogP contribution >= 0.6 is 0 Å². The van der Waals surface area contributed by atoms with Crippen LogP contribution in [0.5, 0.6) is 0 Å². The van der Waals surface area contributed by atoms with E-state index >= 15 is 0 Å². The van der Waals surface area contributed by atoms with Gasteiger partial charge in [0.05, 0.1) is 17.3 Å².